The molecule has 1 saturated carbocycles. The summed E-state index contributed by atoms with van der Waals surface area (Å²) in [5.41, 5.74) is 3.74. The molecule has 2 aliphatic carbocycles. The standard InChI is InChI=1S/C30H35FN2O4/c1-3-25(30(35)36)33-26-13-11-21(31)16-23(26)24-17-22(12-14-27(24)33)32(18-19-8-9-19)29(34)15-10-20-6-4-5-7-28(20)37-2/h4-7,11,13,16,19,22,25H,3,8-10,12,14-15,17-18H2,1-2H3,(H,35,36). The van der Waals surface area contributed by atoms with E-state index < -0.39 is 12.0 Å². The summed E-state index contributed by atoms with van der Waals surface area (Å²) in [6.45, 7) is 2.62. The minimum absolute atomic E-state index is 0.0190. The van der Waals surface area contributed by atoms with Crippen molar-refractivity contribution in [1.29, 1.82) is 0 Å². The van der Waals surface area contributed by atoms with E-state index in [9.17, 15) is 19.1 Å². The number of nitrogens with zero attached hydrogens (tertiary/aromatic N) is 2. The SMILES string of the molecule is CCC(C(=O)O)n1c2c(c3cc(F)ccc31)CC(N(CC1CC1)C(=O)CCc1ccccc1OC)CC2. The van der Waals surface area contributed by atoms with Gasteiger partial charge in [0.2, 0.25) is 5.91 Å². The molecule has 0 aliphatic heterocycles. The number of halogens is 1. The molecule has 37 heavy (non-hydrogen) atoms. The van der Waals surface area contributed by atoms with Gasteiger partial charge >= 0.3 is 5.97 Å². The highest BCUT2D eigenvalue weighted by molar-refractivity contribution is 5.88. The van der Waals surface area contributed by atoms with E-state index in [4.69, 9.17) is 4.74 Å². The second kappa shape index (κ2) is 10.6. The molecule has 1 fully saturated rings. The molecule has 0 radical (unpaired) electrons. The second-order valence-electron chi connectivity index (χ2n) is 10.4. The Hall–Kier alpha value is -3.35. The average Bonchev–Trinajstić information content (AvgIpc) is 3.68. The first-order valence-corrected chi connectivity index (χ1v) is 13.4. The number of para-hydroxylation sites is 1. The number of carbonyl (C=O) groups is 2. The number of carbonyl (C=O) groups excluding carboxylic acids is 1. The first-order chi connectivity index (χ1) is 17.9. The summed E-state index contributed by atoms with van der Waals surface area (Å²) in [6, 6.07) is 11.7. The second-order valence-corrected chi connectivity index (χ2v) is 10.4. The number of ether oxygens (including phenoxy) is 1. The summed E-state index contributed by atoms with van der Waals surface area (Å²) in [5.74, 6) is 0.270. The van der Waals surface area contributed by atoms with E-state index in [2.05, 4.69) is 4.90 Å². The molecule has 5 rings (SSSR count). The van der Waals surface area contributed by atoms with E-state index >= 15 is 0 Å². The van der Waals surface area contributed by atoms with Crippen LogP contribution in [0.2, 0.25) is 0 Å². The summed E-state index contributed by atoms with van der Waals surface area (Å²) < 4.78 is 21.7. The minimum atomic E-state index is -0.879. The van der Waals surface area contributed by atoms with E-state index in [0.717, 1.165) is 59.3 Å². The molecule has 1 N–H and O–H groups in total. The summed E-state index contributed by atoms with van der Waals surface area (Å²) in [6.07, 6.45) is 5.82. The molecule has 0 bridgehead atoms. The number of rotatable bonds is 10. The van der Waals surface area contributed by atoms with Crippen molar-refractivity contribution in [3.05, 3.63) is 65.1 Å². The van der Waals surface area contributed by atoms with Crippen LogP contribution in [0.15, 0.2) is 42.5 Å². The van der Waals surface area contributed by atoms with Crippen LogP contribution in [0.1, 0.15) is 61.9 Å². The van der Waals surface area contributed by atoms with Crippen molar-refractivity contribution in [3.8, 4) is 5.75 Å². The van der Waals surface area contributed by atoms with Gasteiger partial charge in [0.15, 0.2) is 0 Å². The zero-order chi connectivity index (χ0) is 26.1. The smallest absolute Gasteiger partial charge is 0.326 e. The van der Waals surface area contributed by atoms with Crippen LogP contribution in [0.4, 0.5) is 4.39 Å². The summed E-state index contributed by atoms with van der Waals surface area (Å²) in [7, 11) is 1.65. The predicted octanol–water partition coefficient (Wildman–Crippen LogP) is 5.55. The van der Waals surface area contributed by atoms with Crippen molar-refractivity contribution in [2.24, 2.45) is 5.92 Å². The minimum Gasteiger partial charge on any atom is -0.496 e. The average molecular weight is 507 g/mol. The summed E-state index contributed by atoms with van der Waals surface area (Å²) in [5, 5.41) is 10.7. The fourth-order valence-corrected chi connectivity index (χ4v) is 5.96. The van der Waals surface area contributed by atoms with Gasteiger partial charge in [0.1, 0.15) is 17.6 Å². The highest BCUT2D eigenvalue weighted by atomic mass is 19.1. The Balaban J connectivity index is 1.44. The largest absolute Gasteiger partial charge is 0.496 e. The van der Waals surface area contributed by atoms with E-state index in [0.29, 0.717) is 38.0 Å². The van der Waals surface area contributed by atoms with Gasteiger partial charge in [-0.2, -0.15) is 0 Å². The normalized spacial score (nSPS) is 17.9. The van der Waals surface area contributed by atoms with Gasteiger partial charge in [-0.1, -0.05) is 25.1 Å². The maximum absolute atomic E-state index is 14.3. The molecule has 3 aromatic rings. The number of methoxy groups -OCH3 is 1. The molecule has 1 aromatic heterocycles. The van der Waals surface area contributed by atoms with Crippen LogP contribution in [-0.2, 0) is 28.9 Å². The molecule has 6 nitrogen and oxygen atoms in total. The molecule has 1 heterocycles. The number of benzene rings is 2. The number of aromatic nitrogens is 1. The van der Waals surface area contributed by atoms with Crippen molar-refractivity contribution < 1.29 is 23.8 Å². The van der Waals surface area contributed by atoms with E-state index in [1.807, 2.05) is 35.8 Å². The number of hydrogen-bond donors (Lipinski definition) is 1. The van der Waals surface area contributed by atoms with Crippen LogP contribution >= 0.6 is 0 Å². The molecule has 2 aromatic carbocycles. The van der Waals surface area contributed by atoms with Gasteiger partial charge in [0.25, 0.3) is 0 Å². The van der Waals surface area contributed by atoms with Gasteiger partial charge in [-0.25, -0.2) is 9.18 Å². The molecule has 0 saturated heterocycles. The quantitative estimate of drug-likeness (QED) is 0.391. The first kappa shape index (κ1) is 25.3. The van der Waals surface area contributed by atoms with Crippen LogP contribution in [0, 0.1) is 11.7 Å². The zero-order valence-electron chi connectivity index (χ0n) is 21.6. The molecule has 2 atom stereocenters. The van der Waals surface area contributed by atoms with Crippen molar-refractivity contribution in [3.63, 3.8) is 0 Å². The third-order valence-electron chi connectivity index (χ3n) is 8.03. The van der Waals surface area contributed by atoms with Gasteiger partial charge in [-0.05, 0) is 86.3 Å². The Bertz CT molecular complexity index is 1310. The number of aryl methyl sites for hydroxylation is 1. The van der Waals surface area contributed by atoms with Crippen molar-refractivity contribution in [2.75, 3.05) is 13.7 Å². The number of hydrogen-bond acceptors (Lipinski definition) is 3. The summed E-state index contributed by atoms with van der Waals surface area (Å²) >= 11 is 0. The van der Waals surface area contributed by atoms with Crippen molar-refractivity contribution in [1.82, 2.24) is 9.47 Å². The van der Waals surface area contributed by atoms with Crippen LogP contribution in [-0.4, -0.2) is 46.1 Å². The number of aliphatic carboxylic acids is 1. The van der Waals surface area contributed by atoms with Crippen LogP contribution < -0.4 is 4.74 Å². The van der Waals surface area contributed by atoms with E-state index in [-0.39, 0.29) is 17.8 Å². The van der Waals surface area contributed by atoms with Gasteiger partial charge in [-0.3, -0.25) is 4.79 Å². The molecule has 1 amide bonds. The predicted molar refractivity (Wildman–Crippen MR) is 140 cm³/mol. The lowest BCUT2D eigenvalue weighted by Crippen LogP contribution is -2.45. The molecule has 196 valence electrons. The number of carboxylic acids is 1. The van der Waals surface area contributed by atoms with E-state index in [1.165, 1.54) is 12.1 Å². The maximum atomic E-state index is 14.3. The molecular formula is C30H35FN2O4. The first-order valence-electron chi connectivity index (χ1n) is 13.4. The highest BCUT2D eigenvalue weighted by Gasteiger charge is 2.36. The lowest BCUT2D eigenvalue weighted by molar-refractivity contribution is -0.141. The monoisotopic (exact) mass is 506 g/mol. The lowest BCUT2D eigenvalue weighted by atomic mass is 9.89. The topological polar surface area (TPSA) is 71.8 Å². The number of fused-ring (bicyclic) bond motifs is 3. The van der Waals surface area contributed by atoms with Crippen molar-refractivity contribution >= 4 is 22.8 Å². The maximum Gasteiger partial charge on any atom is 0.326 e. The third-order valence-corrected chi connectivity index (χ3v) is 8.03. The Kier molecular flexibility index (Phi) is 7.22. The van der Waals surface area contributed by atoms with Gasteiger partial charge in [0.05, 0.1) is 7.11 Å². The fraction of sp³-hybridized carbons (Fsp3) is 0.467. The summed E-state index contributed by atoms with van der Waals surface area (Å²) in [4.78, 5) is 27.8. The van der Waals surface area contributed by atoms with E-state index in [1.54, 1.807) is 13.2 Å². The number of amides is 1. The number of carboxylic acid groups (broad SMARTS) is 1. The Labute approximate surface area is 217 Å². The molecule has 2 aliphatic rings. The Morgan fingerprint density at radius 1 is 1.19 bits per heavy atom. The van der Waals surface area contributed by atoms with Gasteiger partial charge < -0.3 is 19.3 Å². The molecule has 2 unspecified atom stereocenters. The van der Waals surface area contributed by atoms with Crippen molar-refractivity contribution in [2.45, 2.75) is 70.4 Å². The zero-order valence-corrected chi connectivity index (χ0v) is 21.6. The third kappa shape index (κ3) is 5.09. The van der Waals surface area contributed by atoms with Crippen LogP contribution in [0.5, 0.6) is 5.75 Å². The lowest BCUT2D eigenvalue weighted by Gasteiger charge is -2.35. The van der Waals surface area contributed by atoms with Crippen LogP contribution in [0.3, 0.4) is 0 Å². The van der Waals surface area contributed by atoms with Gasteiger partial charge in [0, 0.05) is 35.6 Å². The molecular weight excluding hydrogens is 471 g/mol. The van der Waals surface area contributed by atoms with Crippen LogP contribution in [0.25, 0.3) is 10.9 Å². The highest BCUT2D eigenvalue weighted by Crippen LogP contribution is 2.39. The Morgan fingerprint density at radius 3 is 2.68 bits per heavy atom. The fourth-order valence-electron chi connectivity index (χ4n) is 5.96. The molecule has 7 heteroatoms. The Morgan fingerprint density at radius 2 is 1.97 bits per heavy atom. The van der Waals surface area contributed by atoms with Gasteiger partial charge in [-0.15, -0.1) is 0 Å². The molecule has 0 spiro atoms.